The van der Waals surface area contributed by atoms with E-state index in [4.69, 9.17) is 24.9 Å². The Hall–Kier alpha value is -9.19. The first-order chi connectivity index (χ1) is 36.2. The normalized spacial score (nSPS) is 13.6. The summed E-state index contributed by atoms with van der Waals surface area (Å²) < 4.78 is 0. The zero-order valence-corrected chi connectivity index (χ0v) is 41.6. The van der Waals surface area contributed by atoms with Crippen LogP contribution in [-0.2, 0) is 10.8 Å². The molecule has 0 unspecified atom stereocenters. The maximum atomic E-state index is 5.41. The number of pyridine rings is 2. The van der Waals surface area contributed by atoms with Crippen LogP contribution in [0.15, 0.2) is 225 Å². The van der Waals surface area contributed by atoms with E-state index in [2.05, 4.69) is 191 Å². The molecule has 0 radical (unpaired) electrons. The molecule has 350 valence electrons. The molecule has 0 spiro atoms. The summed E-state index contributed by atoms with van der Waals surface area (Å²) in [4.78, 5) is 25.5. The van der Waals surface area contributed by atoms with Crippen LogP contribution in [0.3, 0.4) is 0 Å². The molecule has 3 aromatic heterocycles. The summed E-state index contributed by atoms with van der Waals surface area (Å²) in [7, 11) is 0. The molecule has 0 atom stereocenters. The minimum absolute atomic E-state index is 0.107. The van der Waals surface area contributed by atoms with Gasteiger partial charge in [0.1, 0.15) is 0 Å². The largest absolute Gasteiger partial charge is 0.256 e. The topological polar surface area (TPSA) is 64.5 Å². The van der Waals surface area contributed by atoms with Crippen LogP contribution in [0.25, 0.3) is 123 Å². The molecule has 5 nitrogen and oxygen atoms in total. The van der Waals surface area contributed by atoms with Crippen LogP contribution in [0, 0.1) is 0 Å². The van der Waals surface area contributed by atoms with Crippen molar-refractivity contribution in [3.63, 3.8) is 0 Å². The van der Waals surface area contributed by atoms with Crippen molar-refractivity contribution in [2.24, 2.45) is 0 Å². The van der Waals surface area contributed by atoms with Crippen molar-refractivity contribution in [3.8, 4) is 101 Å². The Labute approximate surface area is 431 Å². The van der Waals surface area contributed by atoms with Crippen LogP contribution in [0.4, 0.5) is 0 Å². The summed E-state index contributed by atoms with van der Waals surface area (Å²) in [5.74, 6) is 1.71. The van der Waals surface area contributed by atoms with Crippen molar-refractivity contribution in [2.75, 3.05) is 0 Å². The van der Waals surface area contributed by atoms with Gasteiger partial charge in [-0.3, -0.25) is 9.97 Å². The molecule has 5 heteroatoms. The van der Waals surface area contributed by atoms with Crippen LogP contribution >= 0.6 is 0 Å². The second-order valence-electron chi connectivity index (χ2n) is 20.8. The third-order valence-electron chi connectivity index (χ3n) is 15.8. The number of benzene rings is 9. The van der Waals surface area contributed by atoms with Gasteiger partial charge in [0.05, 0.1) is 11.0 Å². The number of rotatable bonds is 7. The first kappa shape index (κ1) is 43.6. The fraction of sp³-hybridized carbons (Fsp3) is 0.0870. The predicted octanol–water partition coefficient (Wildman–Crippen LogP) is 17.2. The van der Waals surface area contributed by atoms with E-state index in [9.17, 15) is 0 Å². The smallest absolute Gasteiger partial charge is 0.164 e. The van der Waals surface area contributed by atoms with Gasteiger partial charge in [-0.2, -0.15) is 0 Å². The number of hydrogen-bond acceptors (Lipinski definition) is 5. The van der Waals surface area contributed by atoms with E-state index < -0.39 is 0 Å². The van der Waals surface area contributed by atoms with Crippen molar-refractivity contribution in [2.45, 2.75) is 38.5 Å². The molecule has 0 N–H and O–H groups in total. The molecular weight excluding hydrogens is 899 g/mol. The molecule has 0 amide bonds. The van der Waals surface area contributed by atoms with Crippen molar-refractivity contribution < 1.29 is 0 Å². The highest BCUT2D eigenvalue weighted by Crippen LogP contribution is 2.54. The minimum atomic E-state index is -0.107. The lowest BCUT2D eigenvalue weighted by Gasteiger charge is -2.21. The highest BCUT2D eigenvalue weighted by atomic mass is 15.0. The van der Waals surface area contributed by atoms with Gasteiger partial charge in [0.2, 0.25) is 0 Å². The first-order valence-corrected chi connectivity index (χ1v) is 25.5. The number of nitrogens with zero attached hydrogens (tertiary/aromatic N) is 5. The van der Waals surface area contributed by atoms with Crippen LogP contribution in [0.2, 0.25) is 0 Å². The fourth-order valence-electron chi connectivity index (χ4n) is 12.1. The Morgan fingerprint density at radius 1 is 0.270 bits per heavy atom. The van der Waals surface area contributed by atoms with Crippen molar-refractivity contribution in [3.05, 3.63) is 247 Å². The van der Waals surface area contributed by atoms with E-state index >= 15 is 0 Å². The zero-order valence-electron chi connectivity index (χ0n) is 41.6. The maximum absolute atomic E-state index is 5.41. The highest BCUT2D eigenvalue weighted by molar-refractivity contribution is 5.98. The lowest BCUT2D eigenvalue weighted by atomic mass is 9.82. The molecule has 12 aromatic rings. The highest BCUT2D eigenvalue weighted by Gasteiger charge is 2.38. The van der Waals surface area contributed by atoms with Gasteiger partial charge in [0.25, 0.3) is 0 Å². The van der Waals surface area contributed by atoms with Crippen molar-refractivity contribution >= 4 is 21.8 Å². The fourth-order valence-corrected chi connectivity index (χ4v) is 12.1. The van der Waals surface area contributed by atoms with Gasteiger partial charge in [0, 0.05) is 50.7 Å². The Morgan fingerprint density at radius 2 is 0.635 bits per heavy atom. The number of aromatic nitrogens is 5. The molecule has 3 heterocycles. The van der Waals surface area contributed by atoms with Crippen LogP contribution in [0.5, 0.6) is 0 Å². The standard InChI is InChI=1S/C69H49N5/c1-68(2)57-27-9-5-23-55(57)63-49(25-15-29-59(63)68)44-19-13-17-42(37-44)46-39-47(43-18-14-20-45(38-43)50-26-16-30-60-64(50)56-24-6-10-28-58(56)69(60,3)4)41-48(40-46)65-72-66(53-33-35-70-61-31-11-7-21-51(53)61)74-67(73-65)54-34-36-71-62-32-12-8-22-52(54)62/h5-41H,1-4H3. The third kappa shape index (κ3) is 6.88. The Morgan fingerprint density at radius 3 is 1.14 bits per heavy atom. The molecule has 0 bridgehead atoms. The number of para-hydroxylation sites is 2. The second-order valence-corrected chi connectivity index (χ2v) is 20.8. The maximum Gasteiger partial charge on any atom is 0.164 e. The van der Waals surface area contributed by atoms with E-state index in [0.717, 1.165) is 60.8 Å². The van der Waals surface area contributed by atoms with Gasteiger partial charge in [-0.05, 0) is 144 Å². The molecular formula is C69H49N5. The van der Waals surface area contributed by atoms with Crippen molar-refractivity contribution in [1.29, 1.82) is 0 Å². The van der Waals surface area contributed by atoms with E-state index in [1.807, 2.05) is 60.9 Å². The molecule has 9 aromatic carbocycles. The second kappa shape index (κ2) is 16.7. The zero-order chi connectivity index (χ0) is 49.7. The van der Waals surface area contributed by atoms with Crippen LogP contribution < -0.4 is 0 Å². The Bertz CT molecular complexity index is 4000. The lowest BCUT2D eigenvalue weighted by Crippen LogP contribution is -2.14. The predicted molar refractivity (Wildman–Crippen MR) is 304 cm³/mol. The lowest BCUT2D eigenvalue weighted by molar-refractivity contribution is 0.660. The molecule has 0 fully saturated rings. The molecule has 14 rings (SSSR count). The van der Waals surface area contributed by atoms with Gasteiger partial charge < -0.3 is 0 Å². The van der Waals surface area contributed by atoms with E-state index in [0.29, 0.717) is 17.5 Å². The van der Waals surface area contributed by atoms with Gasteiger partial charge in [0.15, 0.2) is 17.5 Å². The number of hydrogen-bond donors (Lipinski definition) is 0. The SMILES string of the molecule is CC1(C)c2ccccc2-c2c(-c3cccc(-c4cc(-c5cccc(-c6cccc7c6-c6ccccc6C7(C)C)c5)cc(-c5nc(-c6ccnc7ccccc67)nc(-c6ccnc7ccccc67)n5)c4)c3)cccc21. The van der Waals surface area contributed by atoms with E-state index in [-0.39, 0.29) is 10.8 Å². The molecule has 0 saturated carbocycles. The summed E-state index contributed by atoms with van der Waals surface area (Å²) in [6, 6.07) is 76.6. The van der Waals surface area contributed by atoms with Crippen molar-refractivity contribution in [1.82, 2.24) is 24.9 Å². The quantitative estimate of drug-likeness (QED) is 0.159. The summed E-state index contributed by atoms with van der Waals surface area (Å²) in [6.45, 7) is 9.38. The molecule has 2 aliphatic carbocycles. The summed E-state index contributed by atoms with van der Waals surface area (Å²) in [5.41, 5.74) is 24.0. The molecule has 2 aliphatic rings. The minimum Gasteiger partial charge on any atom is -0.256 e. The van der Waals surface area contributed by atoms with Gasteiger partial charge in [-0.25, -0.2) is 15.0 Å². The van der Waals surface area contributed by atoms with Gasteiger partial charge in [-0.1, -0.05) is 185 Å². The van der Waals surface area contributed by atoms with Gasteiger partial charge in [-0.15, -0.1) is 0 Å². The Kier molecular flexibility index (Phi) is 9.83. The van der Waals surface area contributed by atoms with E-state index in [1.54, 1.807) is 0 Å². The summed E-state index contributed by atoms with van der Waals surface area (Å²) >= 11 is 0. The van der Waals surface area contributed by atoms with E-state index in [1.165, 1.54) is 66.8 Å². The van der Waals surface area contributed by atoms with Crippen LogP contribution in [0.1, 0.15) is 49.9 Å². The molecule has 74 heavy (non-hydrogen) atoms. The number of fused-ring (bicyclic) bond motifs is 8. The average molecular weight is 948 g/mol. The third-order valence-corrected chi connectivity index (χ3v) is 15.8. The van der Waals surface area contributed by atoms with Gasteiger partial charge >= 0.3 is 0 Å². The average Bonchev–Trinajstić information content (AvgIpc) is 3.84. The molecule has 0 aliphatic heterocycles. The first-order valence-electron chi connectivity index (χ1n) is 25.5. The Balaban J connectivity index is 0.990. The monoisotopic (exact) mass is 947 g/mol. The summed E-state index contributed by atoms with van der Waals surface area (Å²) in [6.07, 6.45) is 3.68. The van der Waals surface area contributed by atoms with Crippen LogP contribution in [-0.4, -0.2) is 24.9 Å². The summed E-state index contributed by atoms with van der Waals surface area (Å²) in [5, 5.41) is 1.94. The molecule has 0 saturated heterocycles.